The number of hydrogen-bond donors (Lipinski definition) is 2. The number of aryl methyl sites for hydroxylation is 1. The number of para-hydroxylation sites is 1. The second-order valence-corrected chi connectivity index (χ2v) is 6.83. The number of hydroxylamine groups is 1. The van der Waals surface area contributed by atoms with Crippen molar-refractivity contribution in [3.63, 3.8) is 0 Å². The van der Waals surface area contributed by atoms with Crippen LogP contribution < -0.4 is 15.1 Å². The average molecular weight is 394 g/mol. The number of amides is 1. The van der Waals surface area contributed by atoms with Gasteiger partial charge in [0, 0.05) is 31.0 Å². The Labute approximate surface area is 170 Å². The molecule has 3 aromatic rings. The summed E-state index contributed by atoms with van der Waals surface area (Å²) in [6.07, 6.45) is 3.52. The van der Waals surface area contributed by atoms with Crippen LogP contribution in [0.5, 0.6) is 5.75 Å². The van der Waals surface area contributed by atoms with Gasteiger partial charge in [0.2, 0.25) is 5.91 Å². The van der Waals surface area contributed by atoms with Crippen molar-refractivity contribution in [3.8, 4) is 5.75 Å². The normalized spacial score (nSPS) is 10.7. The van der Waals surface area contributed by atoms with Gasteiger partial charge >= 0.3 is 0 Å². The topological polar surface area (TPSA) is 87.6 Å². The molecule has 0 aliphatic carbocycles. The molecule has 7 nitrogen and oxygen atoms in total. The molecule has 0 fully saturated rings. The van der Waals surface area contributed by atoms with E-state index in [0.29, 0.717) is 6.42 Å². The van der Waals surface area contributed by atoms with E-state index in [-0.39, 0.29) is 5.91 Å². The molecule has 152 valence electrons. The van der Waals surface area contributed by atoms with Gasteiger partial charge < -0.3 is 9.64 Å². The van der Waals surface area contributed by atoms with E-state index in [1.54, 1.807) is 12.6 Å². The number of aromatic nitrogens is 2. The maximum absolute atomic E-state index is 11.1. The van der Waals surface area contributed by atoms with Gasteiger partial charge in [-0.1, -0.05) is 18.6 Å². The van der Waals surface area contributed by atoms with Crippen molar-refractivity contribution in [2.45, 2.75) is 32.1 Å². The van der Waals surface area contributed by atoms with Crippen LogP contribution in [0.2, 0.25) is 0 Å². The van der Waals surface area contributed by atoms with Crippen molar-refractivity contribution in [3.05, 3.63) is 54.4 Å². The summed E-state index contributed by atoms with van der Waals surface area (Å²) in [4.78, 5) is 22.7. The van der Waals surface area contributed by atoms with Crippen LogP contribution in [0.3, 0.4) is 0 Å². The van der Waals surface area contributed by atoms with Gasteiger partial charge in [-0.2, -0.15) is 0 Å². The van der Waals surface area contributed by atoms with E-state index >= 15 is 0 Å². The molecule has 2 aromatic carbocycles. The number of unbranched alkanes of at least 4 members (excludes halogenated alkanes) is 2. The van der Waals surface area contributed by atoms with E-state index in [2.05, 4.69) is 4.90 Å². The molecule has 0 spiro atoms. The highest BCUT2D eigenvalue weighted by Crippen LogP contribution is 2.30. The standard InChI is InChI=1S/C22H26N4O3/c1-26(16-12-14-17(29-2)15-13-16)22-18-8-6-7-9-19(18)23-20(24-22)10-4-3-5-11-21(27)25-28/h6-9,12-15,28H,3-5,10-11H2,1-2H3,(H,25,27). The molecule has 3 rings (SSSR count). The van der Waals surface area contributed by atoms with E-state index in [9.17, 15) is 4.79 Å². The Morgan fingerprint density at radius 1 is 1.07 bits per heavy atom. The molecular formula is C22H26N4O3. The Morgan fingerprint density at radius 3 is 2.55 bits per heavy atom. The zero-order chi connectivity index (χ0) is 20.6. The highest BCUT2D eigenvalue weighted by molar-refractivity contribution is 5.91. The summed E-state index contributed by atoms with van der Waals surface area (Å²) in [5.41, 5.74) is 3.58. The lowest BCUT2D eigenvalue weighted by atomic mass is 10.1. The molecule has 1 aromatic heterocycles. The molecule has 0 radical (unpaired) electrons. The number of fused-ring (bicyclic) bond motifs is 1. The summed E-state index contributed by atoms with van der Waals surface area (Å²) in [5.74, 6) is 2.10. The first-order valence-corrected chi connectivity index (χ1v) is 9.68. The summed E-state index contributed by atoms with van der Waals surface area (Å²) >= 11 is 0. The van der Waals surface area contributed by atoms with Crippen LogP contribution in [0.15, 0.2) is 48.5 Å². The lowest BCUT2D eigenvalue weighted by molar-refractivity contribution is -0.129. The first-order valence-electron chi connectivity index (χ1n) is 9.68. The van der Waals surface area contributed by atoms with E-state index in [1.165, 1.54) is 0 Å². The number of nitrogens with zero attached hydrogens (tertiary/aromatic N) is 3. The van der Waals surface area contributed by atoms with Crippen molar-refractivity contribution < 1.29 is 14.7 Å². The van der Waals surface area contributed by atoms with Gasteiger partial charge in [-0.3, -0.25) is 10.0 Å². The molecule has 0 aliphatic heterocycles. The van der Waals surface area contributed by atoms with E-state index < -0.39 is 0 Å². The van der Waals surface area contributed by atoms with Gasteiger partial charge in [0.1, 0.15) is 17.4 Å². The Kier molecular flexibility index (Phi) is 6.97. The summed E-state index contributed by atoms with van der Waals surface area (Å²) < 4.78 is 5.25. The minimum absolute atomic E-state index is 0.320. The quantitative estimate of drug-likeness (QED) is 0.324. The van der Waals surface area contributed by atoms with Gasteiger partial charge in [-0.25, -0.2) is 15.4 Å². The van der Waals surface area contributed by atoms with E-state index in [0.717, 1.165) is 59.7 Å². The van der Waals surface area contributed by atoms with Crippen LogP contribution in [0.1, 0.15) is 31.5 Å². The maximum atomic E-state index is 11.1. The van der Waals surface area contributed by atoms with Crippen molar-refractivity contribution >= 4 is 28.3 Å². The molecule has 1 amide bonds. The first kappa shape index (κ1) is 20.5. The summed E-state index contributed by atoms with van der Waals surface area (Å²) in [6, 6.07) is 15.9. The van der Waals surface area contributed by atoms with Crippen molar-refractivity contribution in [1.82, 2.24) is 15.4 Å². The lowest BCUT2D eigenvalue weighted by Gasteiger charge is -2.21. The van der Waals surface area contributed by atoms with E-state index in [1.807, 2.05) is 55.6 Å². The fraction of sp³-hybridized carbons (Fsp3) is 0.318. The number of hydrogen-bond acceptors (Lipinski definition) is 6. The van der Waals surface area contributed by atoms with Crippen LogP contribution in [0.25, 0.3) is 10.9 Å². The molecule has 29 heavy (non-hydrogen) atoms. The molecule has 0 unspecified atom stereocenters. The third-order valence-electron chi connectivity index (χ3n) is 4.84. The predicted octanol–water partition coefficient (Wildman–Crippen LogP) is 4.01. The smallest absolute Gasteiger partial charge is 0.243 e. The van der Waals surface area contributed by atoms with Gasteiger partial charge in [-0.05, 0) is 49.2 Å². The molecule has 0 saturated heterocycles. The van der Waals surface area contributed by atoms with Gasteiger partial charge in [-0.15, -0.1) is 0 Å². The number of benzene rings is 2. The highest BCUT2D eigenvalue weighted by atomic mass is 16.5. The minimum Gasteiger partial charge on any atom is -0.497 e. The van der Waals surface area contributed by atoms with Crippen molar-refractivity contribution in [2.75, 3.05) is 19.1 Å². The van der Waals surface area contributed by atoms with Crippen molar-refractivity contribution in [1.29, 1.82) is 0 Å². The first-order chi connectivity index (χ1) is 14.1. The number of ether oxygens (including phenoxy) is 1. The monoisotopic (exact) mass is 394 g/mol. The average Bonchev–Trinajstić information content (AvgIpc) is 2.77. The van der Waals surface area contributed by atoms with Crippen LogP contribution >= 0.6 is 0 Å². The Balaban J connectivity index is 1.79. The second kappa shape index (κ2) is 9.84. The fourth-order valence-electron chi connectivity index (χ4n) is 3.20. The van der Waals surface area contributed by atoms with Crippen LogP contribution in [0, 0.1) is 0 Å². The molecule has 1 heterocycles. The number of anilines is 2. The Morgan fingerprint density at radius 2 is 1.83 bits per heavy atom. The summed E-state index contributed by atoms with van der Waals surface area (Å²) in [5, 5.41) is 9.54. The summed E-state index contributed by atoms with van der Waals surface area (Å²) in [7, 11) is 3.65. The fourth-order valence-corrected chi connectivity index (χ4v) is 3.20. The molecule has 0 aliphatic rings. The number of rotatable bonds is 9. The minimum atomic E-state index is -0.352. The van der Waals surface area contributed by atoms with Crippen LogP contribution in [-0.2, 0) is 11.2 Å². The van der Waals surface area contributed by atoms with Gasteiger partial charge in [0.25, 0.3) is 0 Å². The molecule has 0 bridgehead atoms. The molecule has 0 saturated carbocycles. The van der Waals surface area contributed by atoms with Gasteiger partial charge in [0.05, 0.1) is 12.6 Å². The Bertz CT molecular complexity index is 960. The predicted molar refractivity (Wildman–Crippen MR) is 113 cm³/mol. The zero-order valence-corrected chi connectivity index (χ0v) is 16.8. The molecular weight excluding hydrogens is 368 g/mol. The lowest BCUT2D eigenvalue weighted by Crippen LogP contribution is -2.17. The van der Waals surface area contributed by atoms with Gasteiger partial charge in [0.15, 0.2) is 0 Å². The van der Waals surface area contributed by atoms with Crippen LogP contribution in [-0.4, -0.2) is 35.2 Å². The van der Waals surface area contributed by atoms with Crippen molar-refractivity contribution in [2.24, 2.45) is 0 Å². The molecule has 2 N–H and O–H groups in total. The maximum Gasteiger partial charge on any atom is 0.243 e. The van der Waals surface area contributed by atoms with E-state index in [4.69, 9.17) is 19.9 Å². The highest BCUT2D eigenvalue weighted by Gasteiger charge is 2.13. The Hall–Kier alpha value is -3.19. The third kappa shape index (κ3) is 5.20. The molecule has 0 atom stereocenters. The molecule has 7 heteroatoms. The number of methoxy groups -OCH3 is 1. The second-order valence-electron chi connectivity index (χ2n) is 6.83. The largest absolute Gasteiger partial charge is 0.497 e. The SMILES string of the molecule is COc1ccc(N(C)c2nc(CCCCCC(=O)NO)nc3ccccc23)cc1. The zero-order valence-electron chi connectivity index (χ0n) is 16.8. The summed E-state index contributed by atoms with van der Waals surface area (Å²) in [6.45, 7) is 0. The number of carbonyl (C=O) groups excluding carboxylic acids is 1. The van der Waals surface area contributed by atoms with Crippen LogP contribution in [0.4, 0.5) is 11.5 Å². The number of nitrogens with one attached hydrogen (secondary N) is 1. The number of carbonyl (C=O) groups is 1. The third-order valence-corrected chi connectivity index (χ3v) is 4.84.